The lowest BCUT2D eigenvalue weighted by molar-refractivity contribution is 0.534. The average Bonchev–Trinajstić information content (AvgIpc) is 3.70. The molecule has 0 bridgehead atoms. The normalized spacial score (nSPS) is 15.0. The summed E-state index contributed by atoms with van der Waals surface area (Å²) in [6.07, 6.45) is 5.37. The summed E-state index contributed by atoms with van der Waals surface area (Å²) in [5.74, 6) is 1.01. The van der Waals surface area contributed by atoms with Crippen LogP contribution in [0.25, 0.3) is 17.0 Å². The zero-order valence-corrected chi connectivity index (χ0v) is 34.7. The van der Waals surface area contributed by atoms with Crippen LogP contribution in [0, 0.1) is 5.92 Å². The molecule has 1 aliphatic rings. The Balaban J connectivity index is 1.01. The van der Waals surface area contributed by atoms with Gasteiger partial charge >= 0.3 is 0 Å². The number of allylic oxidation sites excluding steroid dienone is 1. The largest absolute Gasteiger partial charge is 0.363 e. The number of anilines is 3. The zero-order chi connectivity index (χ0) is 41.2. The summed E-state index contributed by atoms with van der Waals surface area (Å²) in [7, 11) is 0. The van der Waals surface area contributed by atoms with Gasteiger partial charge in [0.1, 0.15) is 5.82 Å². The van der Waals surface area contributed by atoms with E-state index in [4.69, 9.17) is 10.1 Å². The molecule has 0 fully saturated rings. The third kappa shape index (κ3) is 9.48. The Morgan fingerprint density at radius 1 is 0.475 bits per heavy atom. The molecule has 0 aliphatic carbocycles. The Hall–Kier alpha value is -7.24. The Morgan fingerprint density at radius 3 is 1.43 bits per heavy atom. The lowest BCUT2D eigenvalue weighted by Crippen LogP contribution is -2.26. The molecule has 300 valence electrons. The molecule has 7 aromatic carbocycles. The summed E-state index contributed by atoms with van der Waals surface area (Å²) < 4.78 is 0. The van der Waals surface area contributed by atoms with Gasteiger partial charge < -0.3 is 9.80 Å². The van der Waals surface area contributed by atoms with Crippen LogP contribution in [0.4, 0.5) is 17.2 Å². The predicted molar refractivity (Wildman–Crippen MR) is 256 cm³/mol. The Kier molecular flexibility index (Phi) is 12.1. The summed E-state index contributed by atoms with van der Waals surface area (Å²) in [6.45, 7) is 5.58. The third-order valence-corrected chi connectivity index (χ3v) is 11.7. The molecule has 0 saturated carbocycles. The Labute approximate surface area is 360 Å². The van der Waals surface area contributed by atoms with Crippen molar-refractivity contribution < 1.29 is 0 Å². The topological polar surface area (TPSA) is 35.0 Å². The summed E-state index contributed by atoms with van der Waals surface area (Å²) in [4.78, 5) is 10.1. The summed E-state index contributed by atoms with van der Waals surface area (Å²) in [5.41, 5.74) is 11.9. The molecule has 0 spiro atoms. The Bertz CT molecular complexity index is 2600. The predicted octanol–water partition coefficient (Wildman–Crippen LogP) is 13.3. The molecule has 5 heteroatoms. The van der Waals surface area contributed by atoms with E-state index in [2.05, 4.69) is 240 Å². The number of hydrogen-bond acceptors (Lipinski definition) is 5. The molecule has 0 saturated heterocycles. The van der Waals surface area contributed by atoms with Gasteiger partial charge in [-0.1, -0.05) is 177 Å². The van der Waals surface area contributed by atoms with Crippen molar-refractivity contribution in [2.24, 2.45) is 11.0 Å². The number of benzene rings is 7. The zero-order valence-electron chi connectivity index (χ0n) is 34.7. The van der Waals surface area contributed by atoms with Crippen LogP contribution in [0.3, 0.4) is 0 Å². The molecule has 2 atom stereocenters. The van der Waals surface area contributed by atoms with Crippen molar-refractivity contribution in [1.29, 1.82) is 0 Å². The molecule has 5 nitrogen and oxygen atoms in total. The van der Waals surface area contributed by atoms with E-state index in [1.54, 1.807) is 0 Å². The molecule has 0 amide bonds. The molecule has 1 aliphatic heterocycles. The molecule has 0 N–H and O–H groups in total. The van der Waals surface area contributed by atoms with Crippen LogP contribution in [0.2, 0.25) is 0 Å². The van der Waals surface area contributed by atoms with Gasteiger partial charge in [-0.2, -0.15) is 5.10 Å². The molecule has 2 unspecified atom stereocenters. The fourth-order valence-electron chi connectivity index (χ4n) is 8.48. The van der Waals surface area contributed by atoms with Crippen LogP contribution < -0.4 is 14.8 Å². The van der Waals surface area contributed by atoms with Gasteiger partial charge in [0, 0.05) is 48.9 Å². The van der Waals surface area contributed by atoms with Gasteiger partial charge in [-0.15, -0.1) is 0 Å². The quantitative estimate of drug-likeness (QED) is 0.104. The van der Waals surface area contributed by atoms with Crippen molar-refractivity contribution in [3.8, 4) is 0 Å². The maximum Gasteiger partial charge on any atom is 0.150 e. The van der Waals surface area contributed by atoms with Crippen molar-refractivity contribution in [3.63, 3.8) is 0 Å². The highest BCUT2D eigenvalue weighted by molar-refractivity contribution is 6.03. The fourth-order valence-corrected chi connectivity index (χ4v) is 8.48. The van der Waals surface area contributed by atoms with E-state index >= 15 is 0 Å². The molecule has 2 heterocycles. The van der Waals surface area contributed by atoms with Crippen molar-refractivity contribution >= 4 is 39.9 Å². The third-order valence-electron chi connectivity index (χ3n) is 11.7. The summed E-state index contributed by atoms with van der Waals surface area (Å²) in [5, 5.41) is 8.66. The number of para-hydroxylation sites is 1. The lowest BCUT2D eigenvalue weighted by atomic mass is 9.87. The monoisotopic (exact) mass is 793 g/mol. The number of hydrogen-bond donors (Lipinski definition) is 0. The van der Waals surface area contributed by atoms with E-state index in [0.29, 0.717) is 0 Å². The van der Waals surface area contributed by atoms with Crippen LogP contribution in [0.15, 0.2) is 217 Å². The first-order valence-corrected chi connectivity index (χ1v) is 21.4. The van der Waals surface area contributed by atoms with Gasteiger partial charge in [-0.25, -0.2) is 9.99 Å². The second-order valence-corrected chi connectivity index (χ2v) is 15.9. The number of rotatable bonds is 15. The maximum absolute atomic E-state index is 5.38. The number of fused-ring (bicyclic) bond motifs is 1. The number of pyridine rings is 1. The van der Waals surface area contributed by atoms with Crippen LogP contribution >= 0.6 is 0 Å². The van der Waals surface area contributed by atoms with Gasteiger partial charge in [0.05, 0.1) is 17.3 Å². The van der Waals surface area contributed by atoms with Gasteiger partial charge in [-0.05, 0) is 88.3 Å². The van der Waals surface area contributed by atoms with E-state index in [1.165, 1.54) is 39.2 Å². The first-order valence-electron chi connectivity index (χ1n) is 21.4. The van der Waals surface area contributed by atoms with E-state index in [-0.39, 0.29) is 12.0 Å². The second kappa shape index (κ2) is 18.8. The second-order valence-electron chi connectivity index (χ2n) is 15.9. The number of nitrogens with zero attached hydrogens (tertiary/aromatic N) is 5. The first-order chi connectivity index (χ1) is 30.2. The van der Waals surface area contributed by atoms with Crippen molar-refractivity contribution in [3.05, 3.63) is 246 Å². The number of hydrazone groups is 1. The molecular weight excluding hydrogens is 743 g/mol. The van der Waals surface area contributed by atoms with Crippen LogP contribution in [-0.4, -0.2) is 10.7 Å². The lowest BCUT2D eigenvalue weighted by Gasteiger charge is -2.29. The van der Waals surface area contributed by atoms with Crippen LogP contribution in [0.1, 0.15) is 52.8 Å². The van der Waals surface area contributed by atoms with Gasteiger partial charge in [0.25, 0.3) is 0 Å². The van der Waals surface area contributed by atoms with Gasteiger partial charge in [0.2, 0.25) is 0 Å². The van der Waals surface area contributed by atoms with Crippen molar-refractivity contribution in [2.45, 2.75) is 45.6 Å². The minimum Gasteiger partial charge on any atom is -0.363 e. The van der Waals surface area contributed by atoms with Gasteiger partial charge in [-0.3, -0.25) is 0 Å². The van der Waals surface area contributed by atoms with Gasteiger partial charge in [0.15, 0.2) is 0 Å². The molecule has 61 heavy (non-hydrogen) atoms. The fraction of sp³-hybridized carbons (Fsp3) is 0.143. The van der Waals surface area contributed by atoms with Crippen molar-refractivity contribution in [1.82, 2.24) is 4.98 Å². The SMILES string of the molecule is CCC1C(C=Cc2ccc(N(Cc3ccccc3)Cc3ccccc3)cc2)=NN(c2ccc3ccccc3n2)C1c1ccc(N(Cc2ccccc2)Cc2ccccc2)cc1. The van der Waals surface area contributed by atoms with Crippen LogP contribution in [-0.2, 0) is 26.2 Å². The van der Waals surface area contributed by atoms with E-state index in [0.717, 1.165) is 60.6 Å². The van der Waals surface area contributed by atoms with E-state index < -0.39 is 0 Å². The highest BCUT2D eigenvalue weighted by Gasteiger charge is 2.38. The Morgan fingerprint density at radius 2 is 0.934 bits per heavy atom. The minimum atomic E-state index is -0.0176. The standard InChI is InChI=1S/C56H51N5/c1-2-52-54(37-29-43-27-33-50(34-28-43)59(39-44-17-7-3-8-18-44)40-45-19-9-4-10-20-45)58-61(55-38-32-48-25-15-16-26-53(48)57-55)56(52)49-30-35-51(36-31-49)60(41-46-21-11-5-12-22-46)42-47-23-13-6-14-24-47/h3-38,52,56H,2,39-42H2,1H3. The number of aromatic nitrogens is 1. The maximum atomic E-state index is 5.38. The molecular formula is C56H51N5. The highest BCUT2D eigenvalue weighted by atomic mass is 15.5. The minimum absolute atomic E-state index is 0.0176. The molecule has 8 aromatic rings. The molecule has 0 radical (unpaired) electrons. The van der Waals surface area contributed by atoms with Crippen LogP contribution in [0.5, 0.6) is 0 Å². The summed E-state index contributed by atoms with van der Waals surface area (Å²) in [6, 6.07) is 73.6. The van der Waals surface area contributed by atoms with Crippen molar-refractivity contribution in [2.75, 3.05) is 14.8 Å². The highest BCUT2D eigenvalue weighted by Crippen LogP contribution is 2.41. The molecule has 1 aromatic heterocycles. The first kappa shape index (κ1) is 39.2. The smallest absolute Gasteiger partial charge is 0.150 e. The molecule has 9 rings (SSSR count). The van der Waals surface area contributed by atoms with E-state index in [1.807, 2.05) is 0 Å². The summed E-state index contributed by atoms with van der Waals surface area (Å²) >= 11 is 0. The average molecular weight is 794 g/mol. The van der Waals surface area contributed by atoms with E-state index in [9.17, 15) is 0 Å².